The third-order valence-corrected chi connectivity index (χ3v) is 1.10. The topological polar surface area (TPSA) is 45.0 Å². The van der Waals surface area contributed by atoms with E-state index in [0.717, 1.165) is 0 Å². The van der Waals surface area contributed by atoms with Crippen molar-refractivity contribution in [1.82, 2.24) is 5.48 Å². The summed E-state index contributed by atoms with van der Waals surface area (Å²) in [4.78, 5) is 4.86. The molecule has 0 radical (unpaired) electrons. The predicted octanol–water partition coefficient (Wildman–Crippen LogP) is 0.217. The van der Waals surface area contributed by atoms with Crippen LogP contribution in [0.2, 0.25) is 0 Å². The van der Waals surface area contributed by atoms with Crippen LogP contribution in [0.4, 0.5) is 0 Å². The second kappa shape index (κ2) is 3.23. The molecule has 48 valence electrons. The predicted molar refractivity (Wildman–Crippen MR) is 32.2 cm³/mol. The molecule has 0 saturated heterocycles. The quantitative estimate of drug-likeness (QED) is 0.470. The Morgan fingerprint density at radius 3 is 3.44 bits per heavy atom. The summed E-state index contributed by atoms with van der Waals surface area (Å²) < 4.78 is 0. The van der Waals surface area contributed by atoms with Gasteiger partial charge in [-0.2, -0.15) is 10.7 Å². The first kappa shape index (κ1) is 6.27. The van der Waals surface area contributed by atoms with E-state index in [4.69, 9.17) is 10.1 Å². The van der Waals surface area contributed by atoms with Crippen molar-refractivity contribution >= 4 is 0 Å². The summed E-state index contributed by atoms with van der Waals surface area (Å²) in [5, 5.41) is 8.41. The number of hydrogen-bond donors (Lipinski definition) is 1. The Labute approximate surface area is 53.9 Å². The van der Waals surface area contributed by atoms with E-state index in [9.17, 15) is 0 Å². The molecule has 3 heteroatoms. The number of rotatable bonds is 0. The van der Waals surface area contributed by atoms with Gasteiger partial charge in [0.1, 0.15) is 0 Å². The van der Waals surface area contributed by atoms with Gasteiger partial charge in [-0.1, -0.05) is 12.2 Å². The molecule has 1 rings (SSSR count). The molecule has 3 nitrogen and oxygen atoms in total. The van der Waals surface area contributed by atoms with Crippen LogP contribution in [0.1, 0.15) is 0 Å². The van der Waals surface area contributed by atoms with E-state index in [1.54, 1.807) is 0 Å². The Balaban J connectivity index is 2.44. The lowest BCUT2D eigenvalue weighted by molar-refractivity contribution is 0.0454. The zero-order valence-electron chi connectivity index (χ0n) is 5.00. The molecule has 0 aromatic rings. The van der Waals surface area contributed by atoms with E-state index in [-0.39, 0.29) is 5.92 Å². The molecule has 1 heterocycles. The molecule has 1 N–H and O–H groups in total. The Morgan fingerprint density at radius 2 is 2.67 bits per heavy atom. The molecule has 0 spiro atoms. The van der Waals surface area contributed by atoms with Gasteiger partial charge in [-0.25, -0.2) is 0 Å². The van der Waals surface area contributed by atoms with E-state index >= 15 is 0 Å². The number of nitrogens with zero attached hydrogens (tertiary/aromatic N) is 1. The molecule has 0 fully saturated rings. The minimum atomic E-state index is -0.0833. The van der Waals surface area contributed by atoms with Crippen molar-refractivity contribution in [3.05, 3.63) is 12.2 Å². The van der Waals surface area contributed by atoms with Crippen LogP contribution in [0.3, 0.4) is 0 Å². The summed E-state index contributed by atoms with van der Waals surface area (Å²) in [6, 6.07) is 2.09. The second-order valence-electron chi connectivity index (χ2n) is 1.82. The summed E-state index contributed by atoms with van der Waals surface area (Å²) in [5.74, 6) is -0.0833. The van der Waals surface area contributed by atoms with Gasteiger partial charge in [0.2, 0.25) is 0 Å². The van der Waals surface area contributed by atoms with Crippen LogP contribution in [0.15, 0.2) is 12.2 Å². The SMILES string of the molecule is N#CC1C=CCNOC1. The van der Waals surface area contributed by atoms with Crippen LogP contribution < -0.4 is 5.48 Å². The summed E-state index contributed by atoms with van der Waals surface area (Å²) in [6.07, 6.45) is 3.74. The van der Waals surface area contributed by atoms with Crippen molar-refractivity contribution < 1.29 is 4.84 Å². The number of hydrogen-bond acceptors (Lipinski definition) is 3. The van der Waals surface area contributed by atoms with Crippen LogP contribution in [0, 0.1) is 17.2 Å². The Hall–Kier alpha value is -0.850. The molecule has 1 aliphatic rings. The van der Waals surface area contributed by atoms with Crippen LogP contribution in [0.5, 0.6) is 0 Å². The number of nitrogens with one attached hydrogen (secondary N) is 1. The molecular formula is C6H8N2O. The number of hydroxylamine groups is 1. The molecule has 9 heavy (non-hydrogen) atoms. The Morgan fingerprint density at radius 1 is 1.78 bits per heavy atom. The normalized spacial score (nSPS) is 26.8. The summed E-state index contributed by atoms with van der Waals surface area (Å²) in [7, 11) is 0. The van der Waals surface area contributed by atoms with Crippen LogP contribution in [-0.4, -0.2) is 13.2 Å². The molecule has 0 aliphatic carbocycles. The molecule has 0 aromatic carbocycles. The fourth-order valence-corrected chi connectivity index (χ4v) is 0.624. The molecule has 1 unspecified atom stereocenters. The van der Waals surface area contributed by atoms with Crippen molar-refractivity contribution in [3.8, 4) is 6.07 Å². The molecule has 1 aliphatic heterocycles. The third-order valence-electron chi connectivity index (χ3n) is 1.10. The third kappa shape index (κ3) is 1.84. The molecular weight excluding hydrogens is 116 g/mol. The second-order valence-corrected chi connectivity index (χ2v) is 1.82. The highest BCUT2D eigenvalue weighted by Gasteiger charge is 2.04. The first-order chi connectivity index (χ1) is 4.43. The first-order valence-electron chi connectivity index (χ1n) is 2.84. The average Bonchev–Trinajstić information content (AvgIpc) is 2.13. The monoisotopic (exact) mass is 124 g/mol. The zero-order valence-corrected chi connectivity index (χ0v) is 5.00. The molecule has 1 atom stereocenters. The standard InChI is InChI=1S/C6H8N2O/c7-4-6-2-1-3-8-9-5-6/h1-2,6,8H,3,5H2. The van der Waals surface area contributed by atoms with Crippen molar-refractivity contribution in [1.29, 1.82) is 5.26 Å². The number of nitriles is 1. The van der Waals surface area contributed by atoms with Gasteiger partial charge in [0.25, 0.3) is 0 Å². The molecule has 0 bridgehead atoms. The van der Waals surface area contributed by atoms with Crippen LogP contribution in [0.25, 0.3) is 0 Å². The van der Waals surface area contributed by atoms with Gasteiger partial charge < -0.3 is 0 Å². The van der Waals surface area contributed by atoms with E-state index in [2.05, 4.69) is 11.5 Å². The van der Waals surface area contributed by atoms with Gasteiger partial charge >= 0.3 is 0 Å². The molecule has 0 aromatic heterocycles. The summed E-state index contributed by atoms with van der Waals surface area (Å²) >= 11 is 0. The maximum absolute atomic E-state index is 8.41. The maximum atomic E-state index is 8.41. The van der Waals surface area contributed by atoms with E-state index in [1.165, 1.54) is 0 Å². The Kier molecular flexibility index (Phi) is 2.25. The van der Waals surface area contributed by atoms with Gasteiger partial charge in [0.05, 0.1) is 18.6 Å². The lowest BCUT2D eigenvalue weighted by Gasteiger charge is -1.99. The largest absolute Gasteiger partial charge is 0.300 e. The highest BCUT2D eigenvalue weighted by Crippen LogP contribution is 1.98. The fourth-order valence-electron chi connectivity index (χ4n) is 0.624. The average molecular weight is 124 g/mol. The lowest BCUT2D eigenvalue weighted by atomic mass is 10.2. The molecule has 0 amide bonds. The Bertz CT molecular complexity index is 148. The minimum Gasteiger partial charge on any atom is -0.300 e. The van der Waals surface area contributed by atoms with Crippen molar-refractivity contribution in [2.24, 2.45) is 5.92 Å². The van der Waals surface area contributed by atoms with Gasteiger partial charge in [-0.3, -0.25) is 4.84 Å². The van der Waals surface area contributed by atoms with Crippen LogP contribution >= 0.6 is 0 Å². The first-order valence-corrected chi connectivity index (χ1v) is 2.84. The van der Waals surface area contributed by atoms with E-state index in [1.807, 2.05) is 12.2 Å². The van der Waals surface area contributed by atoms with Crippen molar-refractivity contribution in [3.63, 3.8) is 0 Å². The van der Waals surface area contributed by atoms with Crippen LogP contribution in [-0.2, 0) is 4.84 Å². The van der Waals surface area contributed by atoms with Gasteiger partial charge in [-0.05, 0) is 0 Å². The van der Waals surface area contributed by atoms with E-state index in [0.29, 0.717) is 13.2 Å². The molecule has 0 saturated carbocycles. The van der Waals surface area contributed by atoms with E-state index < -0.39 is 0 Å². The minimum absolute atomic E-state index is 0.0833. The van der Waals surface area contributed by atoms with Gasteiger partial charge in [0, 0.05) is 6.54 Å². The zero-order chi connectivity index (χ0) is 6.53. The fraction of sp³-hybridized carbons (Fsp3) is 0.500. The van der Waals surface area contributed by atoms with Crippen molar-refractivity contribution in [2.45, 2.75) is 0 Å². The van der Waals surface area contributed by atoms with Crippen molar-refractivity contribution in [2.75, 3.05) is 13.2 Å². The van der Waals surface area contributed by atoms with Gasteiger partial charge in [-0.15, -0.1) is 0 Å². The maximum Gasteiger partial charge on any atom is 0.0897 e. The summed E-state index contributed by atoms with van der Waals surface area (Å²) in [6.45, 7) is 1.14. The summed E-state index contributed by atoms with van der Waals surface area (Å²) in [5.41, 5.74) is 2.67. The lowest BCUT2D eigenvalue weighted by Crippen LogP contribution is -2.14. The highest BCUT2D eigenvalue weighted by molar-refractivity contribution is 5.01. The van der Waals surface area contributed by atoms with Gasteiger partial charge in [0.15, 0.2) is 0 Å². The smallest absolute Gasteiger partial charge is 0.0897 e. The highest BCUT2D eigenvalue weighted by atomic mass is 16.6.